The smallest absolute Gasteiger partial charge is 0.120 e. The number of hydrogen-bond acceptors (Lipinski definition) is 5. The highest BCUT2D eigenvalue weighted by molar-refractivity contribution is 5.28. The van der Waals surface area contributed by atoms with Crippen molar-refractivity contribution >= 4 is 0 Å². The van der Waals surface area contributed by atoms with Crippen LogP contribution in [0.5, 0.6) is 5.75 Å². The second kappa shape index (κ2) is 8.91. The number of piperidine rings is 1. The van der Waals surface area contributed by atoms with E-state index in [-0.39, 0.29) is 6.10 Å². The van der Waals surface area contributed by atoms with Gasteiger partial charge in [0, 0.05) is 51.9 Å². The van der Waals surface area contributed by atoms with Crippen molar-refractivity contribution in [2.75, 3.05) is 46.3 Å². The van der Waals surface area contributed by atoms with Gasteiger partial charge in [0.1, 0.15) is 5.75 Å². The van der Waals surface area contributed by atoms with Crippen molar-refractivity contribution < 1.29 is 9.84 Å². The Morgan fingerprint density at radius 1 is 1.04 bits per heavy atom. The monoisotopic (exact) mass is 373 g/mol. The van der Waals surface area contributed by atoms with Gasteiger partial charge in [-0.3, -0.25) is 9.80 Å². The van der Waals surface area contributed by atoms with Crippen LogP contribution >= 0.6 is 0 Å². The third kappa shape index (κ3) is 5.02. The molecule has 150 valence electrons. The molecule has 0 amide bonds. The second-order valence-corrected chi connectivity index (χ2v) is 8.67. The topological polar surface area (TPSA) is 39.2 Å². The molecular formula is C22H35N3O2. The van der Waals surface area contributed by atoms with E-state index in [2.05, 4.69) is 46.0 Å². The van der Waals surface area contributed by atoms with Crippen LogP contribution < -0.4 is 4.74 Å². The molecule has 2 aliphatic heterocycles. The van der Waals surface area contributed by atoms with Crippen LogP contribution in [-0.4, -0.2) is 84.4 Å². The first-order valence-electron chi connectivity index (χ1n) is 10.8. The van der Waals surface area contributed by atoms with Crippen LogP contribution in [0.15, 0.2) is 24.3 Å². The Morgan fingerprint density at radius 2 is 1.81 bits per heavy atom. The minimum absolute atomic E-state index is 0.250. The van der Waals surface area contributed by atoms with Gasteiger partial charge in [0.2, 0.25) is 0 Å². The number of ether oxygens (including phenoxy) is 1. The summed E-state index contributed by atoms with van der Waals surface area (Å²) in [4.78, 5) is 7.27. The SMILES string of the molecule is CN1CCN([C@@H]2CCN(Cc3cccc(OC4CCCC4)c3)C[C@H]2O)CC1. The molecule has 5 heteroatoms. The Bertz CT molecular complexity index is 597. The largest absolute Gasteiger partial charge is 0.490 e. The number of benzene rings is 1. The van der Waals surface area contributed by atoms with E-state index in [0.717, 1.165) is 58.0 Å². The van der Waals surface area contributed by atoms with Crippen molar-refractivity contribution in [3.05, 3.63) is 29.8 Å². The first kappa shape index (κ1) is 19.2. The van der Waals surface area contributed by atoms with Gasteiger partial charge >= 0.3 is 0 Å². The maximum Gasteiger partial charge on any atom is 0.120 e. The molecule has 3 fully saturated rings. The zero-order valence-corrected chi connectivity index (χ0v) is 16.7. The zero-order valence-electron chi connectivity index (χ0n) is 16.7. The van der Waals surface area contributed by atoms with E-state index in [1.165, 1.54) is 31.2 Å². The van der Waals surface area contributed by atoms with Crippen molar-refractivity contribution in [2.45, 2.75) is 56.9 Å². The number of likely N-dealkylation sites (N-methyl/N-ethyl adjacent to an activating group) is 1. The normalized spacial score (nSPS) is 29.3. The van der Waals surface area contributed by atoms with Gasteiger partial charge in [0.25, 0.3) is 0 Å². The molecule has 1 N–H and O–H groups in total. The van der Waals surface area contributed by atoms with Gasteiger partial charge in [0.05, 0.1) is 12.2 Å². The lowest BCUT2D eigenvalue weighted by atomic mass is 9.98. The minimum Gasteiger partial charge on any atom is -0.490 e. The quantitative estimate of drug-likeness (QED) is 0.857. The van der Waals surface area contributed by atoms with E-state index in [9.17, 15) is 5.11 Å². The third-order valence-electron chi connectivity index (χ3n) is 6.55. The first-order chi connectivity index (χ1) is 13.2. The molecule has 1 saturated carbocycles. The average Bonchev–Trinajstić information content (AvgIpc) is 3.16. The summed E-state index contributed by atoms with van der Waals surface area (Å²) in [6, 6.07) is 8.88. The molecule has 2 heterocycles. The van der Waals surface area contributed by atoms with Gasteiger partial charge in [-0.2, -0.15) is 0 Å². The molecule has 1 aromatic carbocycles. The number of β-amino-alcohol motifs (C(OH)–C–C–N with tert-alkyl or cyclic N) is 1. The molecule has 0 bridgehead atoms. The van der Waals surface area contributed by atoms with E-state index in [0.29, 0.717) is 12.1 Å². The van der Waals surface area contributed by atoms with Crippen LogP contribution in [-0.2, 0) is 6.54 Å². The van der Waals surface area contributed by atoms with Crippen molar-refractivity contribution in [2.24, 2.45) is 0 Å². The van der Waals surface area contributed by atoms with Gasteiger partial charge in [-0.05, 0) is 56.8 Å². The van der Waals surface area contributed by atoms with Crippen molar-refractivity contribution in [3.8, 4) is 5.75 Å². The predicted octanol–water partition coefficient (Wildman–Crippen LogP) is 2.19. The van der Waals surface area contributed by atoms with Crippen molar-refractivity contribution in [3.63, 3.8) is 0 Å². The Labute approximate surface area is 163 Å². The summed E-state index contributed by atoms with van der Waals surface area (Å²) in [5.41, 5.74) is 1.29. The van der Waals surface area contributed by atoms with E-state index in [4.69, 9.17) is 4.74 Å². The highest BCUT2D eigenvalue weighted by Crippen LogP contribution is 2.26. The fourth-order valence-electron chi connectivity index (χ4n) is 4.88. The van der Waals surface area contributed by atoms with E-state index in [1.54, 1.807) is 0 Å². The summed E-state index contributed by atoms with van der Waals surface area (Å²) >= 11 is 0. The lowest BCUT2D eigenvalue weighted by molar-refractivity contribution is -0.0286. The van der Waals surface area contributed by atoms with Crippen LogP contribution in [0, 0.1) is 0 Å². The number of nitrogens with zero attached hydrogens (tertiary/aromatic N) is 3. The van der Waals surface area contributed by atoms with E-state index >= 15 is 0 Å². The molecule has 2 saturated heterocycles. The maximum absolute atomic E-state index is 10.8. The summed E-state index contributed by atoms with van der Waals surface area (Å²) in [5, 5.41) is 10.8. The van der Waals surface area contributed by atoms with Gasteiger partial charge in [-0.25, -0.2) is 0 Å². The maximum atomic E-state index is 10.8. The predicted molar refractivity (Wildman–Crippen MR) is 108 cm³/mol. The van der Waals surface area contributed by atoms with Gasteiger partial charge < -0.3 is 14.7 Å². The number of piperazine rings is 1. The van der Waals surface area contributed by atoms with Crippen LogP contribution in [0.25, 0.3) is 0 Å². The Balaban J connectivity index is 1.29. The van der Waals surface area contributed by atoms with E-state index < -0.39 is 0 Å². The Kier molecular flexibility index (Phi) is 6.33. The minimum atomic E-state index is -0.250. The molecule has 4 rings (SSSR count). The highest BCUT2D eigenvalue weighted by atomic mass is 16.5. The summed E-state index contributed by atoms with van der Waals surface area (Å²) in [5.74, 6) is 1.01. The molecule has 1 aliphatic carbocycles. The molecule has 2 atom stereocenters. The molecule has 1 aromatic rings. The third-order valence-corrected chi connectivity index (χ3v) is 6.55. The molecule has 0 spiro atoms. The van der Waals surface area contributed by atoms with Crippen LogP contribution in [0.3, 0.4) is 0 Å². The fraction of sp³-hybridized carbons (Fsp3) is 0.727. The average molecular weight is 374 g/mol. The zero-order chi connectivity index (χ0) is 18.6. The molecule has 5 nitrogen and oxygen atoms in total. The summed E-state index contributed by atoms with van der Waals surface area (Å²) in [6.07, 6.45) is 6.19. The standard InChI is InChI=1S/C22H35N3O2/c1-23-11-13-25(14-12-23)21-9-10-24(17-22(21)26)16-18-5-4-8-20(15-18)27-19-6-2-3-7-19/h4-5,8,15,19,21-22,26H,2-3,6-7,9-14,16-17H2,1H3/t21-,22-/m1/s1. The number of likely N-dealkylation sites (tertiary alicyclic amines) is 1. The molecule has 0 radical (unpaired) electrons. The van der Waals surface area contributed by atoms with Crippen LogP contribution in [0.2, 0.25) is 0 Å². The Morgan fingerprint density at radius 3 is 2.56 bits per heavy atom. The molecule has 0 aromatic heterocycles. The molecular weight excluding hydrogens is 338 g/mol. The Hall–Kier alpha value is -1.14. The molecule has 3 aliphatic rings. The van der Waals surface area contributed by atoms with Gasteiger partial charge in [0.15, 0.2) is 0 Å². The number of hydrogen-bond donors (Lipinski definition) is 1. The van der Waals surface area contributed by atoms with Gasteiger partial charge in [-0.15, -0.1) is 0 Å². The number of rotatable bonds is 5. The van der Waals surface area contributed by atoms with Gasteiger partial charge in [-0.1, -0.05) is 12.1 Å². The summed E-state index contributed by atoms with van der Waals surface area (Å²) in [6.45, 7) is 7.11. The van der Waals surface area contributed by atoms with Crippen molar-refractivity contribution in [1.29, 1.82) is 0 Å². The second-order valence-electron chi connectivity index (χ2n) is 8.67. The fourth-order valence-corrected chi connectivity index (χ4v) is 4.88. The lowest BCUT2D eigenvalue weighted by Gasteiger charge is -2.44. The first-order valence-corrected chi connectivity index (χ1v) is 10.8. The molecule has 27 heavy (non-hydrogen) atoms. The highest BCUT2D eigenvalue weighted by Gasteiger charge is 2.33. The summed E-state index contributed by atoms with van der Waals surface area (Å²) < 4.78 is 6.15. The lowest BCUT2D eigenvalue weighted by Crippen LogP contribution is -2.58. The molecule has 0 unspecified atom stereocenters. The van der Waals surface area contributed by atoms with Crippen LogP contribution in [0.1, 0.15) is 37.7 Å². The number of aliphatic hydroxyl groups excluding tert-OH is 1. The van der Waals surface area contributed by atoms with Crippen molar-refractivity contribution in [1.82, 2.24) is 14.7 Å². The summed E-state index contributed by atoms with van der Waals surface area (Å²) in [7, 11) is 2.18. The van der Waals surface area contributed by atoms with E-state index in [1.807, 2.05) is 0 Å². The van der Waals surface area contributed by atoms with Crippen LogP contribution in [0.4, 0.5) is 0 Å². The number of aliphatic hydroxyl groups is 1.